The van der Waals surface area contributed by atoms with Crippen LogP contribution in [0.25, 0.3) is 0 Å². The predicted molar refractivity (Wildman–Crippen MR) is 120 cm³/mol. The molecule has 0 spiro atoms. The van der Waals surface area contributed by atoms with E-state index in [9.17, 15) is 18.0 Å². The van der Waals surface area contributed by atoms with Gasteiger partial charge in [0.2, 0.25) is 0 Å². The Bertz CT molecular complexity index is 1300. The first-order valence-electron chi connectivity index (χ1n) is 10.1. The van der Waals surface area contributed by atoms with Crippen molar-refractivity contribution in [3.63, 3.8) is 0 Å². The van der Waals surface area contributed by atoms with Crippen LogP contribution in [0.1, 0.15) is 27.3 Å². The number of benzene rings is 2. The van der Waals surface area contributed by atoms with Crippen LogP contribution in [0.5, 0.6) is 5.75 Å². The maximum absolute atomic E-state index is 12.8. The lowest BCUT2D eigenvalue weighted by Gasteiger charge is -2.10. The van der Waals surface area contributed by atoms with Gasteiger partial charge in [0.15, 0.2) is 18.2 Å². The lowest BCUT2D eigenvalue weighted by atomic mass is 10.2. The number of hydrogen-bond donors (Lipinski definition) is 1. The number of aromatic nitrogens is 4. The number of alkyl halides is 3. The van der Waals surface area contributed by atoms with Gasteiger partial charge in [-0.25, -0.2) is 4.68 Å². The molecule has 7 nitrogen and oxygen atoms in total. The average molecular weight is 490 g/mol. The number of nitrogens with one attached hydrogen (secondary N) is 1. The molecule has 11 heteroatoms. The number of hydrogen-bond acceptors (Lipinski definition) is 4. The second-order valence-electron chi connectivity index (χ2n) is 7.45. The molecule has 0 bridgehead atoms. The van der Waals surface area contributed by atoms with Crippen molar-refractivity contribution >= 4 is 23.3 Å². The minimum absolute atomic E-state index is 0.0398. The number of aryl methyl sites for hydroxylation is 1. The van der Waals surface area contributed by atoms with Gasteiger partial charge >= 0.3 is 6.18 Å². The molecule has 0 aliphatic carbocycles. The first-order chi connectivity index (χ1) is 16.2. The number of halogens is 4. The summed E-state index contributed by atoms with van der Waals surface area (Å²) in [5.41, 5.74) is 1.16. The van der Waals surface area contributed by atoms with E-state index >= 15 is 0 Å². The first-order valence-corrected chi connectivity index (χ1v) is 10.5. The highest BCUT2D eigenvalue weighted by molar-refractivity contribution is 6.30. The normalized spacial score (nSPS) is 11.4. The third kappa shape index (κ3) is 5.76. The van der Waals surface area contributed by atoms with Crippen LogP contribution in [0.2, 0.25) is 5.02 Å². The number of ether oxygens (including phenoxy) is 1. The molecule has 0 atom stereocenters. The van der Waals surface area contributed by atoms with Crippen molar-refractivity contribution in [2.45, 2.75) is 26.4 Å². The third-order valence-electron chi connectivity index (χ3n) is 4.87. The summed E-state index contributed by atoms with van der Waals surface area (Å²) in [5, 5.41) is 11.9. The van der Waals surface area contributed by atoms with E-state index in [0.717, 1.165) is 23.4 Å². The monoisotopic (exact) mass is 489 g/mol. The molecule has 1 amide bonds. The summed E-state index contributed by atoms with van der Waals surface area (Å²) in [5.74, 6) is -0.0711. The molecule has 0 aliphatic rings. The van der Waals surface area contributed by atoms with Crippen LogP contribution in [-0.2, 0) is 19.5 Å². The van der Waals surface area contributed by atoms with Crippen LogP contribution in [0.4, 0.5) is 19.0 Å². The van der Waals surface area contributed by atoms with Gasteiger partial charge < -0.3 is 10.1 Å². The van der Waals surface area contributed by atoms with Gasteiger partial charge in [-0.2, -0.15) is 23.4 Å². The first kappa shape index (κ1) is 23.4. The van der Waals surface area contributed by atoms with Crippen LogP contribution in [0.15, 0.2) is 66.9 Å². The van der Waals surface area contributed by atoms with E-state index in [-0.39, 0.29) is 18.2 Å². The van der Waals surface area contributed by atoms with Gasteiger partial charge in [0.25, 0.3) is 5.91 Å². The highest BCUT2D eigenvalue weighted by Gasteiger charge is 2.30. The van der Waals surface area contributed by atoms with Crippen LogP contribution in [0, 0.1) is 6.92 Å². The zero-order valence-electron chi connectivity index (χ0n) is 17.9. The third-order valence-corrected chi connectivity index (χ3v) is 5.12. The predicted octanol–water partition coefficient (Wildman–Crippen LogP) is 5.40. The van der Waals surface area contributed by atoms with Gasteiger partial charge in [-0.15, -0.1) is 0 Å². The topological polar surface area (TPSA) is 74.0 Å². The standard InChI is InChI=1S/C23H19ClF3N5O2/c1-15-11-21(30-32(15)13-16-5-7-18(24)8-6-16)28-22(33)20-9-10-31(29-20)14-34-19-4-2-3-17(12-19)23(25,26)27/h2-12H,13-14H2,1H3,(H,28,30,33). The van der Waals surface area contributed by atoms with E-state index in [1.54, 1.807) is 22.9 Å². The van der Waals surface area contributed by atoms with E-state index < -0.39 is 17.6 Å². The Morgan fingerprint density at radius 1 is 1.09 bits per heavy atom. The molecule has 0 radical (unpaired) electrons. The summed E-state index contributed by atoms with van der Waals surface area (Å²) in [6.45, 7) is 2.22. The smallest absolute Gasteiger partial charge is 0.416 e. The van der Waals surface area contributed by atoms with Gasteiger partial charge in [-0.1, -0.05) is 29.8 Å². The molecule has 0 saturated carbocycles. The fourth-order valence-electron chi connectivity index (χ4n) is 3.13. The van der Waals surface area contributed by atoms with Gasteiger partial charge in [-0.05, 0) is 48.9 Å². The Morgan fingerprint density at radius 2 is 1.85 bits per heavy atom. The minimum atomic E-state index is -4.46. The van der Waals surface area contributed by atoms with Crippen LogP contribution in [0.3, 0.4) is 0 Å². The van der Waals surface area contributed by atoms with E-state index in [2.05, 4.69) is 15.5 Å². The van der Waals surface area contributed by atoms with Gasteiger partial charge in [-0.3, -0.25) is 9.48 Å². The van der Waals surface area contributed by atoms with Crippen molar-refractivity contribution < 1.29 is 22.7 Å². The zero-order chi connectivity index (χ0) is 24.3. The average Bonchev–Trinajstić information content (AvgIpc) is 3.40. The Labute approximate surface area is 197 Å². The molecular formula is C23H19ClF3N5O2. The molecule has 2 heterocycles. The van der Waals surface area contributed by atoms with E-state index in [4.69, 9.17) is 16.3 Å². The molecule has 176 valence electrons. The fourth-order valence-corrected chi connectivity index (χ4v) is 3.26. The maximum atomic E-state index is 12.8. The van der Waals surface area contributed by atoms with Crippen molar-refractivity contribution in [3.05, 3.63) is 94.4 Å². The van der Waals surface area contributed by atoms with E-state index in [0.29, 0.717) is 17.4 Å². The summed E-state index contributed by atoms with van der Waals surface area (Å²) in [4.78, 5) is 12.6. The van der Waals surface area contributed by atoms with Crippen molar-refractivity contribution in [2.24, 2.45) is 0 Å². The molecule has 0 unspecified atom stereocenters. The molecule has 4 rings (SSSR count). The Morgan fingerprint density at radius 3 is 2.59 bits per heavy atom. The van der Waals surface area contributed by atoms with Crippen LogP contribution >= 0.6 is 11.6 Å². The molecular weight excluding hydrogens is 471 g/mol. The van der Waals surface area contributed by atoms with E-state index in [1.165, 1.54) is 29.1 Å². The van der Waals surface area contributed by atoms with Crippen molar-refractivity contribution in [1.29, 1.82) is 0 Å². The highest BCUT2D eigenvalue weighted by atomic mass is 35.5. The number of nitrogens with zero attached hydrogens (tertiary/aromatic N) is 4. The summed E-state index contributed by atoms with van der Waals surface area (Å²) in [7, 11) is 0. The second-order valence-corrected chi connectivity index (χ2v) is 7.89. The molecule has 2 aromatic carbocycles. The Hall–Kier alpha value is -3.79. The molecule has 0 aliphatic heterocycles. The number of rotatable bonds is 7. The van der Waals surface area contributed by atoms with Gasteiger partial charge in [0, 0.05) is 23.0 Å². The maximum Gasteiger partial charge on any atom is 0.416 e. The molecule has 34 heavy (non-hydrogen) atoms. The quantitative estimate of drug-likeness (QED) is 0.377. The van der Waals surface area contributed by atoms with E-state index in [1.807, 2.05) is 19.1 Å². The fraction of sp³-hybridized carbons (Fsp3) is 0.174. The van der Waals surface area contributed by atoms with Crippen LogP contribution in [-0.4, -0.2) is 25.5 Å². The number of carbonyl (C=O) groups is 1. The lowest BCUT2D eigenvalue weighted by Crippen LogP contribution is -2.15. The second kappa shape index (κ2) is 9.60. The summed E-state index contributed by atoms with van der Waals surface area (Å²) in [6, 6.07) is 15.1. The summed E-state index contributed by atoms with van der Waals surface area (Å²) >= 11 is 5.91. The highest BCUT2D eigenvalue weighted by Crippen LogP contribution is 2.31. The Kier molecular flexibility index (Phi) is 6.60. The molecule has 1 N–H and O–H groups in total. The Balaban J connectivity index is 1.36. The van der Waals surface area contributed by atoms with Gasteiger partial charge in [0.05, 0.1) is 12.1 Å². The zero-order valence-corrected chi connectivity index (χ0v) is 18.6. The molecule has 2 aromatic heterocycles. The SMILES string of the molecule is Cc1cc(NC(=O)c2ccn(COc3cccc(C(F)(F)F)c3)n2)nn1Cc1ccc(Cl)cc1. The number of anilines is 1. The largest absolute Gasteiger partial charge is 0.471 e. The summed E-state index contributed by atoms with van der Waals surface area (Å²) < 4.78 is 46.9. The lowest BCUT2D eigenvalue weighted by molar-refractivity contribution is -0.137. The molecule has 0 fully saturated rings. The summed E-state index contributed by atoms with van der Waals surface area (Å²) in [6.07, 6.45) is -2.97. The molecule has 0 saturated heterocycles. The van der Waals surface area contributed by atoms with Crippen molar-refractivity contribution in [2.75, 3.05) is 5.32 Å². The number of carbonyl (C=O) groups excluding carboxylic acids is 1. The van der Waals surface area contributed by atoms with Gasteiger partial charge in [0.1, 0.15) is 5.75 Å². The molecule has 4 aromatic rings. The number of amides is 1. The van der Waals surface area contributed by atoms with Crippen molar-refractivity contribution in [3.8, 4) is 5.75 Å². The van der Waals surface area contributed by atoms with Crippen LogP contribution < -0.4 is 10.1 Å². The van der Waals surface area contributed by atoms with Crippen molar-refractivity contribution in [1.82, 2.24) is 19.6 Å². The minimum Gasteiger partial charge on any atom is -0.471 e.